The second-order valence-electron chi connectivity index (χ2n) is 12.2. The van der Waals surface area contributed by atoms with Crippen molar-refractivity contribution in [2.24, 2.45) is 5.41 Å². The van der Waals surface area contributed by atoms with Crippen molar-refractivity contribution in [2.75, 3.05) is 13.2 Å². The molecule has 3 heterocycles. The molecular weight excluding hydrogens is 532 g/mol. The van der Waals surface area contributed by atoms with Gasteiger partial charge in [0.05, 0.1) is 30.3 Å². The maximum Gasteiger partial charge on any atom is 0.217 e. The molecule has 43 heavy (non-hydrogen) atoms. The number of hydrogen-bond donors (Lipinski definition) is 0. The van der Waals surface area contributed by atoms with Crippen LogP contribution in [0.25, 0.3) is 22.5 Å². The minimum atomic E-state index is -0.525. The van der Waals surface area contributed by atoms with Gasteiger partial charge in [-0.15, -0.1) is 0 Å². The van der Waals surface area contributed by atoms with Crippen molar-refractivity contribution in [1.82, 2.24) is 19.3 Å². The van der Waals surface area contributed by atoms with Crippen molar-refractivity contribution < 1.29 is 9.47 Å². The van der Waals surface area contributed by atoms with Gasteiger partial charge in [-0.3, -0.25) is 4.68 Å². The Balaban J connectivity index is 1.21. The molecule has 0 spiro atoms. The van der Waals surface area contributed by atoms with Crippen molar-refractivity contribution >= 4 is 0 Å². The van der Waals surface area contributed by atoms with E-state index in [2.05, 4.69) is 126 Å². The lowest BCUT2D eigenvalue weighted by atomic mass is 9.86. The van der Waals surface area contributed by atoms with Crippen LogP contribution in [0.15, 0.2) is 97.1 Å². The van der Waals surface area contributed by atoms with Crippen molar-refractivity contribution in [3.63, 3.8) is 0 Å². The Labute approximate surface area is 255 Å². The first-order chi connectivity index (χ1) is 21.0. The predicted molar refractivity (Wildman–Crippen MR) is 172 cm³/mol. The van der Waals surface area contributed by atoms with Crippen molar-refractivity contribution in [3.8, 4) is 22.5 Å². The quantitative estimate of drug-likeness (QED) is 0.149. The summed E-state index contributed by atoms with van der Waals surface area (Å²) in [6.45, 7) is 9.42. The minimum Gasteiger partial charge on any atom is -0.345 e. The van der Waals surface area contributed by atoms with Gasteiger partial charge in [-0.2, -0.15) is 5.10 Å². The van der Waals surface area contributed by atoms with Gasteiger partial charge in [0.25, 0.3) is 0 Å². The number of benzene rings is 3. The number of hydrogen-bond acceptors (Lipinski definition) is 4. The molecule has 1 fully saturated rings. The van der Waals surface area contributed by atoms with Crippen LogP contribution in [-0.2, 0) is 22.6 Å². The van der Waals surface area contributed by atoms with E-state index in [1.165, 1.54) is 17.7 Å². The van der Waals surface area contributed by atoms with Gasteiger partial charge < -0.3 is 14.0 Å². The monoisotopic (exact) mass is 574 g/mol. The molecule has 0 N–H and O–H groups in total. The first kappa shape index (κ1) is 29.1. The van der Waals surface area contributed by atoms with Gasteiger partial charge >= 0.3 is 0 Å². The first-order valence-corrected chi connectivity index (χ1v) is 15.5. The van der Waals surface area contributed by atoms with Crippen LogP contribution in [0, 0.1) is 19.3 Å². The van der Waals surface area contributed by atoms with E-state index < -0.39 is 6.29 Å². The van der Waals surface area contributed by atoms with E-state index >= 15 is 0 Å². The van der Waals surface area contributed by atoms with Crippen LogP contribution in [0.3, 0.4) is 0 Å². The number of nitrogens with zero attached hydrogens (tertiary/aromatic N) is 4. The highest BCUT2D eigenvalue weighted by molar-refractivity contribution is 5.79. The summed E-state index contributed by atoms with van der Waals surface area (Å²) >= 11 is 0. The Morgan fingerprint density at radius 1 is 0.791 bits per heavy atom. The van der Waals surface area contributed by atoms with Crippen LogP contribution in [0.5, 0.6) is 0 Å². The molecule has 6 rings (SSSR count). The lowest BCUT2D eigenvalue weighted by Crippen LogP contribution is -2.37. The highest BCUT2D eigenvalue weighted by atomic mass is 16.7. The van der Waals surface area contributed by atoms with Crippen LogP contribution < -0.4 is 0 Å². The lowest BCUT2D eigenvalue weighted by molar-refractivity contribution is -0.236. The highest BCUT2D eigenvalue weighted by Crippen LogP contribution is 2.40. The van der Waals surface area contributed by atoms with Crippen molar-refractivity contribution in [2.45, 2.75) is 65.8 Å². The molecular formula is C37H42N4O2. The topological polar surface area (TPSA) is 54.1 Å². The Hall–Kier alpha value is -4.00. The molecule has 0 aliphatic carbocycles. The Morgan fingerprint density at radius 2 is 1.42 bits per heavy atom. The first-order valence-electron chi connectivity index (χ1n) is 15.5. The zero-order chi connectivity index (χ0) is 29.6. The van der Waals surface area contributed by atoms with Crippen molar-refractivity contribution in [3.05, 3.63) is 120 Å². The van der Waals surface area contributed by atoms with Crippen LogP contribution in [0.4, 0.5) is 0 Å². The Kier molecular flexibility index (Phi) is 8.87. The van der Waals surface area contributed by atoms with Gasteiger partial charge in [0, 0.05) is 35.3 Å². The zero-order valence-corrected chi connectivity index (χ0v) is 25.6. The molecule has 1 aliphatic rings. The number of ether oxygens (including phenoxy) is 2. The molecule has 0 radical (unpaired) electrons. The number of aromatic nitrogens is 4. The van der Waals surface area contributed by atoms with E-state index in [0.717, 1.165) is 59.8 Å². The minimum absolute atomic E-state index is 0.0178. The maximum absolute atomic E-state index is 6.52. The van der Waals surface area contributed by atoms with E-state index in [1.54, 1.807) is 0 Å². The largest absolute Gasteiger partial charge is 0.345 e. The number of unbranched alkanes of at least 4 members (excludes halogenated alkanes) is 2. The van der Waals surface area contributed by atoms with E-state index in [1.807, 2.05) is 6.07 Å². The van der Waals surface area contributed by atoms with Gasteiger partial charge in [-0.25, -0.2) is 4.98 Å². The fraction of sp³-hybridized carbons (Fsp3) is 0.351. The maximum atomic E-state index is 6.52. The molecule has 0 amide bonds. The molecule has 0 saturated carbocycles. The molecule has 1 aliphatic heterocycles. The smallest absolute Gasteiger partial charge is 0.217 e. The van der Waals surface area contributed by atoms with E-state index in [0.29, 0.717) is 19.8 Å². The van der Waals surface area contributed by atoms with Gasteiger partial charge in [0.2, 0.25) is 6.29 Å². The van der Waals surface area contributed by atoms with Crippen LogP contribution in [0.1, 0.15) is 61.7 Å². The summed E-state index contributed by atoms with van der Waals surface area (Å²) in [5.74, 6) is 0.813. The summed E-state index contributed by atoms with van der Waals surface area (Å²) in [6.07, 6.45) is 3.98. The van der Waals surface area contributed by atoms with Crippen molar-refractivity contribution in [1.29, 1.82) is 0 Å². The number of aryl methyl sites for hydroxylation is 3. The second kappa shape index (κ2) is 13.1. The summed E-state index contributed by atoms with van der Waals surface area (Å²) in [5, 5.41) is 4.60. The summed E-state index contributed by atoms with van der Waals surface area (Å²) < 4.78 is 17.5. The van der Waals surface area contributed by atoms with Gasteiger partial charge in [0.1, 0.15) is 0 Å². The lowest BCUT2D eigenvalue weighted by Gasteiger charge is -2.37. The third-order valence-electron chi connectivity index (χ3n) is 8.41. The van der Waals surface area contributed by atoms with Crippen LogP contribution in [-0.4, -0.2) is 32.5 Å². The SMILES string of the molecule is Cc1cc(C)n(CCCCC[C@]2(C)CO[C@@H](c3nc(-c4ccccc4)c(-c4ccccc4)n3Cc3ccccc3)OC2)n1. The molecule has 2 aromatic heterocycles. The number of rotatable bonds is 11. The van der Waals surface area contributed by atoms with Crippen LogP contribution >= 0.6 is 0 Å². The molecule has 0 unspecified atom stereocenters. The number of imidazole rings is 1. The Bertz CT molecular complexity index is 1600. The van der Waals surface area contributed by atoms with E-state index in [-0.39, 0.29) is 5.41 Å². The average molecular weight is 575 g/mol. The summed E-state index contributed by atoms with van der Waals surface area (Å²) in [7, 11) is 0. The molecule has 3 aromatic carbocycles. The third-order valence-corrected chi connectivity index (χ3v) is 8.41. The molecule has 222 valence electrons. The van der Waals surface area contributed by atoms with E-state index in [4.69, 9.17) is 14.5 Å². The molecule has 6 heteroatoms. The zero-order valence-electron chi connectivity index (χ0n) is 25.6. The van der Waals surface area contributed by atoms with Crippen LogP contribution in [0.2, 0.25) is 0 Å². The average Bonchev–Trinajstić information content (AvgIpc) is 3.57. The summed E-state index contributed by atoms with van der Waals surface area (Å²) in [6, 6.07) is 33.7. The summed E-state index contributed by atoms with van der Waals surface area (Å²) in [5.41, 5.74) is 7.74. The Morgan fingerprint density at radius 3 is 2.05 bits per heavy atom. The summed E-state index contributed by atoms with van der Waals surface area (Å²) in [4.78, 5) is 5.25. The normalized spacial score (nSPS) is 18.6. The second-order valence-corrected chi connectivity index (χ2v) is 12.2. The highest BCUT2D eigenvalue weighted by Gasteiger charge is 2.36. The predicted octanol–water partition coefficient (Wildman–Crippen LogP) is 8.39. The fourth-order valence-corrected chi connectivity index (χ4v) is 6.09. The third kappa shape index (κ3) is 6.82. The molecule has 1 saturated heterocycles. The molecule has 0 bridgehead atoms. The van der Waals surface area contributed by atoms with E-state index in [9.17, 15) is 0 Å². The molecule has 6 nitrogen and oxygen atoms in total. The van der Waals surface area contributed by atoms with Gasteiger partial charge in [-0.1, -0.05) is 111 Å². The standard InChI is InChI=1S/C37H42N4O2/c1-28-24-29(2)41(39-28)23-15-7-14-22-37(3)26-42-36(43-27-37)35-38-33(31-18-10-5-11-19-31)34(32-20-12-6-13-21-32)40(35)25-30-16-8-4-9-17-30/h4-6,8-13,16-21,24,36H,7,14-15,22-23,25-27H2,1-3H3/t36-,37-. The van der Waals surface area contributed by atoms with Gasteiger partial charge in [-0.05, 0) is 38.3 Å². The molecule has 0 atom stereocenters. The van der Waals surface area contributed by atoms with Gasteiger partial charge in [0.15, 0.2) is 5.82 Å². The molecule has 5 aromatic rings. The fourth-order valence-electron chi connectivity index (χ4n) is 6.09.